The molecule has 5 rings (SSSR count). The van der Waals surface area contributed by atoms with E-state index in [0.717, 1.165) is 0 Å². The molecule has 0 aliphatic heterocycles. The van der Waals surface area contributed by atoms with Gasteiger partial charge in [0.2, 0.25) is 0 Å². The maximum absolute atomic E-state index is 11.6. The molecule has 2 aromatic heterocycles. The summed E-state index contributed by atoms with van der Waals surface area (Å²) in [6.07, 6.45) is 3.02. The lowest BCUT2D eigenvalue weighted by atomic mass is 9.83. The number of aromatic nitrogens is 8. The van der Waals surface area contributed by atoms with Crippen LogP contribution in [0.3, 0.4) is 0 Å². The van der Waals surface area contributed by atoms with E-state index >= 15 is 0 Å². The standard InChI is InChI=1S/C25H21N11O4/c1-15-28-30-32-34(15)26-13-17-6-8-23(37)21(10-17)25(19-4-3-5-20(12-19)36(39)40)22-11-18(7-9-24(22)38)14-27-35-16(2)29-31-33-35/h3-14,25,37-38H,1-2H3/b26-13+,27-14+. The minimum absolute atomic E-state index is 0.0879. The van der Waals surface area contributed by atoms with Gasteiger partial charge in [0, 0.05) is 29.2 Å². The van der Waals surface area contributed by atoms with E-state index in [1.165, 1.54) is 46.3 Å². The van der Waals surface area contributed by atoms with Crippen LogP contribution in [-0.4, -0.2) is 68.2 Å². The van der Waals surface area contributed by atoms with Crippen molar-refractivity contribution in [1.29, 1.82) is 0 Å². The summed E-state index contributed by atoms with van der Waals surface area (Å²) in [4.78, 5) is 13.6. The van der Waals surface area contributed by atoms with Gasteiger partial charge in [-0.3, -0.25) is 10.1 Å². The van der Waals surface area contributed by atoms with E-state index in [1.807, 2.05) is 0 Å². The second kappa shape index (κ2) is 10.9. The number of nitro benzene ring substituents is 1. The number of rotatable bonds is 8. The van der Waals surface area contributed by atoms with E-state index in [1.54, 1.807) is 50.2 Å². The van der Waals surface area contributed by atoms with E-state index < -0.39 is 10.8 Å². The molecule has 15 nitrogen and oxygen atoms in total. The molecule has 0 aliphatic rings. The molecule has 0 aliphatic carbocycles. The van der Waals surface area contributed by atoms with Gasteiger partial charge in [0.25, 0.3) is 5.69 Å². The Hall–Kier alpha value is -5.86. The van der Waals surface area contributed by atoms with Gasteiger partial charge < -0.3 is 10.2 Å². The highest BCUT2D eigenvalue weighted by Gasteiger charge is 2.25. The van der Waals surface area contributed by atoms with E-state index in [0.29, 0.717) is 39.5 Å². The van der Waals surface area contributed by atoms with Crippen molar-refractivity contribution in [3.63, 3.8) is 0 Å². The second-order valence-corrected chi connectivity index (χ2v) is 8.64. The van der Waals surface area contributed by atoms with Crippen molar-refractivity contribution in [2.75, 3.05) is 0 Å². The van der Waals surface area contributed by atoms with Crippen LogP contribution in [0, 0.1) is 24.0 Å². The van der Waals surface area contributed by atoms with Gasteiger partial charge in [0.15, 0.2) is 11.6 Å². The number of hydrogen-bond acceptors (Lipinski definition) is 12. The molecule has 0 saturated heterocycles. The normalized spacial score (nSPS) is 11.7. The van der Waals surface area contributed by atoms with Crippen molar-refractivity contribution >= 4 is 18.1 Å². The summed E-state index contributed by atoms with van der Waals surface area (Å²) in [6, 6.07) is 15.6. The Morgan fingerprint density at radius 1 is 0.825 bits per heavy atom. The number of phenolic OH excluding ortho intramolecular Hbond substituents is 2. The quantitative estimate of drug-likeness (QED) is 0.128. The lowest BCUT2D eigenvalue weighted by Gasteiger charge is -2.21. The molecule has 3 aromatic carbocycles. The molecule has 2 N–H and O–H groups in total. The van der Waals surface area contributed by atoms with Gasteiger partial charge >= 0.3 is 0 Å². The Kier molecular flexibility index (Phi) is 7.00. The van der Waals surface area contributed by atoms with Gasteiger partial charge in [-0.05, 0) is 87.8 Å². The van der Waals surface area contributed by atoms with Crippen molar-refractivity contribution < 1.29 is 15.1 Å². The minimum atomic E-state index is -0.814. The number of benzene rings is 3. The predicted octanol–water partition coefficient (Wildman–Crippen LogP) is 2.54. The predicted molar refractivity (Wildman–Crippen MR) is 141 cm³/mol. The molecule has 0 spiro atoms. The van der Waals surface area contributed by atoms with Crippen molar-refractivity contribution in [3.8, 4) is 11.5 Å². The molecule has 0 amide bonds. The van der Waals surface area contributed by atoms with Gasteiger partial charge in [-0.2, -0.15) is 10.2 Å². The fourth-order valence-electron chi connectivity index (χ4n) is 4.02. The first-order valence-electron chi connectivity index (χ1n) is 11.8. The average Bonchev–Trinajstić information content (AvgIpc) is 3.56. The van der Waals surface area contributed by atoms with E-state index in [2.05, 4.69) is 41.3 Å². The first-order valence-corrected chi connectivity index (χ1v) is 11.8. The zero-order valence-corrected chi connectivity index (χ0v) is 21.1. The highest BCUT2D eigenvalue weighted by atomic mass is 16.6. The van der Waals surface area contributed by atoms with Crippen LogP contribution in [-0.2, 0) is 0 Å². The third-order valence-corrected chi connectivity index (χ3v) is 5.98. The van der Waals surface area contributed by atoms with Crippen LogP contribution in [0.2, 0.25) is 0 Å². The van der Waals surface area contributed by atoms with Crippen LogP contribution >= 0.6 is 0 Å². The number of aryl methyl sites for hydroxylation is 2. The summed E-state index contributed by atoms with van der Waals surface area (Å²) >= 11 is 0. The first-order chi connectivity index (χ1) is 19.3. The van der Waals surface area contributed by atoms with Crippen LogP contribution in [0.5, 0.6) is 11.5 Å². The zero-order valence-electron chi connectivity index (χ0n) is 21.1. The van der Waals surface area contributed by atoms with Crippen molar-refractivity contribution in [2.24, 2.45) is 10.2 Å². The molecule has 0 saturated carbocycles. The fraction of sp³-hybridized carbons (Fsp3) is 0.120. The van der Waals surface area contributed by atoms with Crippen molar-refractivity contribution in [2.45, 2.75) is 19.8 Å². The van der Waals surface area contributed by atoms with Crippen LogP contribution in [0.15, 0.2) is 70.9 Å². The third-order valence-electron chi connectivity index (χ3n) is 5.98. The molecular formula is C25H21N11O4. The summed E-state index contributed by atoms with van der Waals surface area (Å²) in [5, 5.41) is 64.2. The molecule has 200 valence electrons. The molecule has 15 heteroatoms. The van der Waals surface area contributed by atoms with Crippen LogP contribution in [0.4, 0.5) is 5.69 Å². The molecule has 40 heavy (non-hydrogen) atoms. The minimum Gasteiger partial charge on any atom is -0.508 e. The van der Waals surface area contributed by atoms with Crippen LogP contribution < -0.4 is 0 Å². The molecule has 0 fully saturated rings. The summed E-state index contributed by atoms with van der Waals surface area (Å²) in [5.41, 5.74) is 2.25. The topological polar surface area (TPSA) is 196 Å². The first kappa shape index (κ1) is 25.8. The number of phenols is 2. The highest BCUT2D eigenvalue weighted by Crippen LogP contribution is 2.41. The maximum Gasteiger partial charge on any atom is 0.269 e. The SMILES string of the molecule is Cc1nnnn1/N=C/c1ccc(O)c(C(c2cccc([N+](=O)[O-])c2)c2cc(/C=N/n3nnnc3C)ccc2O)c1. The number of nitro groups is 1. The van der Waals surface area contributed by atoms with Crippen LogP contribution in [0.1, 0.15) is 45.4 Å². The lowest BCUT2D eigenvalue weighted by molar-refractivity contribution is -0.384. The zero-order chi connectivity index (χ0) is 28.2. The number of nitrogens with zero attached hydrogens (tertiary/aromatic N) is 11. The molecular weight excluding hydrogens is 518 g/mol. The van der Waals surface area contributed by atoms with Gasteiger partial charge in [-0.25, -0.2) is 0 Å². The Labute approximate surface area is 225 Å². The largest absolute Gasteiger partial charge is 0.508 e. The Bertz CT molecular complexity index is 1660. The van der Waals surface area contributed by atoms with Gasteiger partial charge in [-0.1, -0.05) is 12.1 Å². The maximum atomic E-state index is 11.6. The number of non-ortho nitro benzene ring substituents is 1. The molecule has 0 bridgehead atoms. The fourth-order valence-corrected chi connectivity index (χ4v) is 4.02. The van der Waals surface area contributed by atoms with E-state index in [9.17, 15) is 20.3 Å². The number of aromatic hydroxyl groups is 2. The molecule has 0 atom stereocenters. The monoisotopic (exact) mass is 539 g/mol. The van der Waals surface area contributed by atoms with E-state index in [-0.39, 0.29) is 17.2 Å². The average molecular weight is 540 g/mol. The van der Waals surface area contributed by atoms with E-state index in [4.69, 9.17) is 0 Å². The second-order valence-electron chi connectivity index (χ2n) is 8.64. The summed E-state index contributed by atoms with van der Waals surface area (Å²) in [7, 11) is 0. The van der Waals surface area contributed by atoms with Gasteiger partial charge in [-0.15, -0.1) is 19.8 Å². The lowest BCUT2D eigenvalue weighted by Crippen LogP contribution is -2.07. The molecule has 0 radical (unpaired) electrons. The highest BCUT2D eigenvalue weighted by molar-refractivity contribution is 5.82. The van der Waals surface area contributed by atoms with Gasteiger partial charge in [0.05, 0.1) is 17.4 Å². The summed E-state index contributed by atoms with van der Waals surface area (Å²) in [6.45, 7) is 3.38. The molecule has 0 unspecified atom stereocenters. The number of tetrazole rings is 2. The Balaban J connectivity index is 1.64. The van der Waals surface area contributed by atoms with Crippen LogP contribution in [0.25, 0.3) is 0 Å². The molecule has 2 heterocycles. The van der Waals surface area contributed by atoms with Crippen molar-refractivity contribution in [3.05, 3.63) is 110 Å². The molecule has 5 aromatic rings. The smallest absolute Gasteiger partial charge is 0.269 e. The van der Waals surface area contributed by atoms with Crippen molar-refractivity contribution in [1.82, 2.24) is 40.6 Å². The van der Waals surface area contributed by atoms with Gasteiger partial charge in [0.1, 0.15) is 11.5 Å². The third kappa shape index (κ3) is 5.38. The Morgan fingerprint density at radius 2 is 1.35 bits per heavy atom. The number of hydrogen-bond donors (Lipinski definition) is 2. The Morgan fingerprint density at radius 3 is 1.80 bits per heavy atom. The summed E-state index contributed by atoms with van der Waals surface area (Å²) < 4.78 is 0. The summed E-state index contributed by atoms with van der Waals surface area (Å²) in [5.74, 6) is -0.0359.